The fraction of sp³-hybridized carbons (Fsp3) is 0.700. The van der Waals surface area contributed by atoms with Gasteiger partial charge in [0, 0.05) is 36.6 Å². The van der Waals surface area contributed by atoms with Crippen molar-refractivity contribution in [1.29, 1.82) is 0 Å². The number of aromatic nitrogens is 4. The van der Waals surface area contributed by atoms with E-state index in [-0.39, 0.29) is 5.91 Å². The number of fused-ring (bicyclic) bond motifs is 1. The summed E-state index contributed by atoms with van der Waals surface area (Å²) in [6.07, 6.45) is 4.58. The molecule has 0 spiro atoms. The maximum absolute atomic E-state index is 12.5. The van der Waals surface area contributed by atoms with E-state index in [1.807, 2.05) is 20.1 Å². The number of rotatable bonds is 7. The Kier molecular flexibility index (Phi) is 6.93. The van der Waals surface area contributed by atoms with Crippen molar-refractivity contribution in [1.82, 2.24) is 29.8 Å². The molecular weight excluding hydrogens is 372 g/mol. The predicted octanol–water partition coefficient (Wildman–Crippen LogP) is 2.49. The zero-order chi connectivity index (χ0) is 20.3. The lowest BCUT2D eigenvalue weighted by molar-refractivity contribution is -0.120. The van der Waals surface area contributed by atoms with E-state index in [0.29, 0.717) is 23.9 Å². The van der Waals surface area contributed by atoms with Gasteiger partial charge in [-0.25, -0.2) is 9.50 Å². The lowest BCUT2D eigenvalue weighted by Gasteiger charge is -2.34. The van der Waals surface area contributed by atoms with E-state index < -0.39 is 0 Å². The highest BCUT2D eigenvalue weighted by Crippen LogP contribution is 2.21. The van der Waals surface area contributed by atoms with E-state index in [2.05, 4.69) is 39.1 Å². The third-order valence-corrected chi connectivity index (χ3v) is 6.01. The number of thioether (sulfide) groups is 1. The van der Waals surface area contributed by atoms with Gasteiger partial charge in [0.05, 0.1) is 6.42 Å². The molecule has 1 amide bonds. The van der Waals surface area contributed by atoms with Crippen molar-refractivity contribution in [2.45, 2.75) is 52.1 Å². The zero-order valence-electron chi connectivity index (χ0n) is 17.7. The van der Waals surface area contributed by atoms with Gasteiger partial charge in [0.1, 0.15) is 0 Å². The molecule has 7 nitrogen and oxygen atoms in total. The van der Waals surface area contributed by atoms with Crippen molar-refractivity contribution in [2.75, 3.05) is 32.4 Å². The van der Waals surface area contributed by atoms with Gasteiger partial charge in [-0.15, -0.1) is 5.10 Å². The summed E-state index contributed by atoms with van der Waals surface area (Å²) in [5.41, 5.74) is 2.71. The Morgan fingerprint density at radius 2 is 1.93 bits per heavy atom. The van der Waals surface area contributed by atoms with Gasteiger partial charge in [0.15, 0.2) is 0 Å². The van der Waals surface area contributed by atoms with Crippen LogP contribution in [0.25, 0.3) is 5.78 Å². The molecule has 1 aliphatic heterocycles. The van der Waals surface area contributed by atoms with Gasteiger partial charge in [-0.3, -0.25) is 4.79 Å². The van der Waals surface area contributed by atoms with Crippen LogP contribution in [0.5, 0.6) is 0 Å². The summed E-state index contributed by atoms with van der Waals surface area (Å²) in [6.45, 7) is 12.7. The number of hydrogen-bond donors (Lipinski definition) is 1. The molecule has 8 heteroatoms. The number of nitrogens with zero attached hydrogens (tertiary/aromatic N) is 5. The molecule has 3 rings (SSSR count). The van der Waals surface area contributed by atoms with Crippen molar-refractivity contribution in [3.05, 3.63) is 17.0 Å². The van der Waals surface area contributed by atoms with E-state index in [9.17, 15) is 4.79 Å². The van der Waals surface area contributed by atoms with Crippen LogP contribution in [0.15, 0.2) is 5.16 Å². The lowest BCUT2D eigenvalue weighted by Crippen LogP contribution is -2.40. The predicted molar refractivity (Wildman–Crippen MR) is 113 cm³/mol. The highest BCUT2D eigenvalue weighted by molar-refractivity contribution is 7.98. The fourth-order valence-corrected chi connectivity index (χ4v) is 4.60. The zero-order valence-corrected chi connectivity index (χ0v) is 18.5. The molecule has 0 aromatic carbocycles. The molecule has 2 atom stereocenters. The number of likely N-dealkylation sites (tertiary alicyclic amines) is 1. The number of nitrogens with one attached hydrogen (secondary N) is 1. The summed E-state index contributed by atoms with van der Waals surface area (Å²) in [7, 11) is 0. The molecule has 0 saturated carbocycles. The van der Waals surface area contributed by atoms with Crippen LogP contribution in [0.4, 0.5) is 0 Å². The highest BCUT2D eigenvalue weighted by atomic mass is 32.2. The normalized spacial score (nSPS) is 20.6. The van der Waals surface area contributed by atoms with Crippen LogP contribution < -0.4 is 5.32 Å². The molecule has 0 bridgehead atoms. The van der Waals surface area contributed by atoms with Gasteiger partial charge in [-0.2, -0.15) is 4.98 Å². The second kappa shape index (κ2) is 9.22. The maximum atomic E-state index is 12.5. The van der Waals surface area contributed by atoms with E-state index in [0.717, 1.165) is 41.8 Å². The van der Waals surface area contributed by atoms with Crippen LogP contribution >= 0.6 is 11.8 Å². The lowest BCUT2D eigenvalue weighted by atomic mass is 9.92. The first kappa shape index (κ1) is 21.0. The third-order valence-electron chi connectivity index (χ3n) is 5.47. The fourth-order valence-electron chi connectivity index (χ4n) is 4.26. The average Bonchev–Trinajstić information content (AvgIpc) is 3.05. The second-order valence-corrected chi connectivity index (χ2v) is 8.93. The Hall–Kier alpha value is -1.67. The van der Waals surface area contributed by atoms with Crippen LogP contribution in [0, 0.1) is 25.7 Å². The smallest absolute Gasteiger partial charge is 0.253 e. The van der Waals surface area contributed by atoms with Crippen LogP contribution in [-0.4, -0.2) is 62.8 Å². The number of carbonyl (C=O) groups is 1. The monoisotopic (exact) mass is 404 g/mol. The standard InChI is InChI=1S/C20H32N6OS/c1-13-9-14(2)12-25(11-13)8-6-7-21-18(27)10-17-15(3)22-19-23-20(28-5)24-26(19)16(17)4/h13-14H,6-12H2,1-5H3,(H,21,27). The van der Waals surface area contributed by atoms with E-state index in [1.165, 1.54) is 31.3 Å². The van der Waals surface area contributed by atoms with Gasteiger partial charge in [-0.1, -0.05) is 25.6 Å². The van der Waals surface area contributed by atoms with E-state index >= 15 is 0 Å². The first-order valence-corrected chi connectivity index (χ1v) is 11.4. The number of aryl methyl sites for hydroxylation is 2. The van der Waals surface area contributed by atoms with E-state index in [4.69, 9.17) is 0 Å². The molecule has 0 aliphatic carbocycles. The Balaban J connectivity index is 1.52. The number of amides is 1. The summed E-state index contributed by atoms with van der Waals surface area (Å²) >= 11 is 1.49. The van der Waals surface area contributed by atoms with Crippen LogP contribution in [-0.2, 0) is 11.2 Å². The average molecular weight is 405 g/mol. The molecule has 1 aliphatic rings. The molecule has 3 heterocycles. The van der Waals surface area contributed by atoms with Crippen molar-refractivity contribution >= 4 is 23.4 Å². The Bertz CT molecular complexity index is 826. The molecule has 1 saturated heterocycles. The van der Waals surface area contributed by atoms with Crippen LogP contribution in [0.2, 0.25) is 0 Å². The summed E-state index contributed by atoms with van der Waals surface area (Å²) in [4.78, 5) is 23.9. The summed E-state index contributed by atoms with van der Waals surface area (Å²) < 4.78 is 1.74. The highest BCUT2D eigenvalue weighted by Gasteiger charge is 2.21. The molecule has 28 heavy (non-hydrogen) atoms. The Morgan fingerprint density at radius 3 is 2.61 bits per heavy atom. The van der Waals surface area contributed by atoms with Crippen LogP contribution in [0.3, 0.4) is 0 Å². The molecule has 2 aromatic heterocycles. The van der Waals surface area contributed by atoms with Gasteiger partial charge in [0.25, 0.3) is 5.78 Å². The van der Waals surface area contributed by atoms with Gasteiger partial charge in [0.2, 0.25) is 11.1 Å². The van der Waals surface area contributed by atoms with Crippen LogP contribution in [0.1, 0.15) is 43.6 Å². The van der Waals surface area contributed by atoms with Gasteiger partial charge in [-0.05, 0) is 51.3 Å². The third kappa shape index (κ3) is 5.03. The number of piperidine rings is 1. The largest absolute Gasteiger partial charge is 0.356 e. The van der Waals surface area contributed by atoms with Crippen molar-refractivity contribution in [2.24, 2.45) is 11.8 Å². The van der Waals surface area contributed by atoms with Crippen molar-refractivity contribution in [3.63, 3.8) is 0 Å². The van der Waals surface area contributed by atoms with Gasteiger partial charge < -0.3 is 10.2 Å². The molecule has 1 N–H and O–H groups in total. The van der Waals surface area contributed by atoms with Crippen molar-refractivity contribution < 1.29 is 4.79 Å². The minimum atomic E-state index is 0.0398. The van der Waals surface area contributed by atoms with E-state index in [1.54, 1.807) is 4.52 Å². The summed E-state index contributed by atoms with van der Waals surface area (Å²) in [5, 5.41) is 8.21. The maximum Gasteiger partial charge on any atom is 0.253 e. The number of carbonyl (C=O) groups excluding carboxylic acids is 1. The molecule has 0 radical (unpaired) electrons. The Morgan fingerprint density at radius 1 is 1.21 bits per heavy atom. The topological polar surface area (TPSA) is 75.4 Å². The Labute approximate surface area is 171 Å². The summed E-state index contributed by atoms with van der Waals surface area (Å²) in [5.74, 6) is 2.18. The number of hydrogen-bond acceptors (Lipinski definition) is 6. The van der Waals surface area contributed by atoms with Crippen molar-refractivity contribution in [3.8, 4) is 0 Å². The SMILES string of the molecule is CSc1nc2nc(C)c(CC(=O)NCCCN3CC(C)CC(C)C3)c(C)n2n1. The minimum absolute atomic E-state index is 0.0398. The summed E-state index contributed by atoms with van der Waals surface area (Å²) in [6, 6.07) is 0. The molecule has 2 unspecified atom stereocenters. The minimum Gasteiger partial charge on any atom is -0.356 e. The molecule has 154 valence electrons. The molecule has 2 aromatic rings. The quantitative estimate of drug-likeness (QED) is 0.564. The first-order chi connectivity index (χ1) is 13.4. The second-order valence-electron chi connectivity index (χ2n) is 8.16. The molecular formula is C20H32N6OS. The van der Waals surface area contributed by atoms with Gasteiger partial charge >= 0.3 is 0 Å². The molecule has 1 fully saturated rings. The first-order valence-electron chi connectivity index (χ1n) is 10.1.